The molecular weight excluding hydrogens is 178 g/mol. The second-order valence-corrected chi connectivity index (χ2v) is 2.53. The third kappa shape index (κ3) is 1.30. The Kier molecular flexibility index (Phi) is 1.61. The van der Waals surface area contributed by atoms with Crippen molar-refractivity contribution < 1.29 is 8.78 Å². The van der Waals surface area contributed by atoms with Gasteiger partial charge in [-0.1, -0.05) is 0 Å². The Bertz CT molecular complexity index is 437. The molecule has 2 heterocycles. The standard InChI is InChI=1S/C7H6F2N4/c8-5(9)7-11-3-1-2-4(10)12-6(3)13-7/h1-2,5H,(H3,10,11,12,13). The zero-order chi connectivity index (χ0) is 9.42. The lowest BCUT2D eigenvalue weighted by molar-refractivity contribution is 0.142. The maximum Gasteiger partial charge on any atom is 0.295 e. The molecule has 2 aromatic heterocycles. The minimum Gasteiger partial charge on any atom is -0.384 e. The molecule has 4 nitrogen and oxygen atoms in total. The van der Waals surface area contributed by atoms with Gasteiger partial charge in [0, 0.05) is 0 Å². The van der Waals surface area contributed by atoms with Crippen LogP contribution in [0, 0.1) is 0 Å². The van der Waals surface area contributed by atoms with E-state index in [1.807, 2.05) is 0 Å². The van der Waals surface area contributed by atoms with Crippen molar-refractivity contribution in [3.63, 3.8) is 0 Å². The monoisotopic (exact) mass is 184 g/mol. The lowest BCUT2D eigenvalue weighted by Gasteiger charge is -1.88. The van der Waals surface area contributed by atoms with Gasteiger partial charge in [0.25, 0.3) is 6.43 Å². The number of aromatic amines is 1. The van der Waals surface area contributed by atoms with Crippen LogP contribution in [0.25, 0.3) is 11.2 Å². The van der Waals surface area contributed by atoms with Gasteiger partial charge in [-0.25, -0.2) is 18.7 Å². The van der Waals surface area contributed by atoms with Gasteiger partial charge in [0.05, 0.1) is 5.52 Å². The van der Waals surface area contributed by atoms with E-state index in [0.717, 1.165) is 0 Å². The van der Waals surface area contributed by atoms with E-state index in [-0.39, 0.29) is 17.3 Å². The minimum absolute atomic E-state index is 0.218. The summed E-state index contributed by atoms with van der Waals surface area (Å²) in [7, 11) is 0. The largest absolute Gasteiger partial charge is 0.384 e. The summed E-state index contributed by atoms with van der Waals surface area (Å²) in [6.45, 7) is 0. The van der Waals surface area contributed by atoms with Crippen LogP contribution in [0.5, 0.6) is 0 Å². The Hall–Kier alpha value is -1.72. The van der Waals surface area contributed by atoms with Crippen molar-refractivity contribution in [1.82, 2.24) is 15.0 Å². The smallest absolute Gasteiger partial charge is 0.295 e. The van der Waals surface area contributed by atoms with Gasteiger partial charge in [0.1, 0.15) is 5.82 Å². The molecule has 0 amide bonds. The fourth-order valence-corrected chi connectivity index (χ4v) is 1.03. The van der Waals surface area contributed by atoms with Gasteiger partial charge in [-0.05, 0) is 12.1 Å². The number of pyridine rings is 1. The zero-order valence-corrected chi connectivity index (χ0v) is 6.46. The molecule has 2 rings (SSSR count). The Labute approximate surface area is 71.8 Å². The van der Waals surface area contributed by atoms with E-state index in [4.69, 9.17) is 5.73 Å². The number of nitrogens with one attached hydrogen (secondary N) is 1. The van der Waals surface area contributed by atoms with Crippen LogP contribution in [0.3, 0.4) is 0 Å². The summed E-state index contributed by atoms with van der Waals surface area (Å²) in [5.74, 6) is -0.118. The second kappa shape index (κ2) is 2.65. The molecule has 0 saturated heterocycles. The molecule has 0 fully saturated rings. The van der Waals surface area contributed by atoms with E-state index >= 15 is 0 Å². The van der Waals surface area contributed by atoms with Crippen molar-refractivity contribution in [2.45, 2.75) is 6.43 Å². The number of aromatic nitrogens is 3. The molecule has 0 spiro atoms. The van der Waals surface area contributed by atoms with E-state index in [2.05, 4.69) is 15.0 Å². The molecule has 0 aromatic carbocycles. The molecule has 0 aliphatic heterocycles. The summed E-state index contributed by atoms with van der Waals surface area (Å²) in [6.07, 6.45) is -2.62. The first kappa shape index (κ1) is 7.90. The Balaban J connectivity index is 2.62. The second-order valence-electron chi connectivity index (χ2n) is 2.53. The third-order valence-corrected chi connectivity index (χ3v) is 1.59. The predicted octanol–water partition coefficient (Wildman–Crippen LogP) is 1.48. The van der Waals surface area contributed by atoms with Gasteiger partial charge < -0.3 is 10.7 Å². The minimum atomic E-state index is -2.62. The molecule has 3 N–H and O–H groups in total. The number of rotatable bonds is 1. The maximum atomic E-state index is 12.2. The van der Waals surface area contributed by atoms with Crippen molar-refractivity contribution in [1.29, 1.82) is 0 Å². The van der Waals surface area contributed by atoms with Crippen LogP contribution < -0.4 is 5.73 Å². The lowest BCUT2D eigenvalue weighted by Crippen LogP contribution is -1.88. The molecule has 0 aliphatic rings. The van der Waals surface area contributed by atoms with Crippen LogP contribution in [0.4, 0.5) is 14.6 Å². The van der Waals surface area contributed by atoms with Crippen LogP contribution in [-0.4, -0.2) is 15.0 Å². The van der Waals surface area contributed by atoms with Crippen molar-refractivity contribution in [2.24, 2.45) is 0 Å². The molecule has 0 radical (unpaired) electrons. The first-order valence-corrected chi connectivity index (χ1v) is 3.57. The number of H-pyrrole nitrogens is 1. The molecule has 2 aromatic rings. The number of fused-ring (bicyclic) bond motifs is 1. The number of hydrogen-bond donors (Lipinski definition) is 2. The summed E-state index contributed by atoms with van der Waals surface area (Å²) in [5, 5.41) is 0. The first-order chi connectivity index (χ1) is 6.16. The first-order valence-electron chi connectivity index (χ1n) is 3.57. The molecule has 0 atom stereocenters. The van der Waals surface area contributed by atoms with Gasteiger partial charge in [-0.15, -0.1) is 0 Å². The average Bonchev–Trinajstić information content (AvgIpc) is 2.46. The lowest BCUT2D eigenvalue weighted by atomic mass is 10.4. The molecule has 0 bridgehead atoms. The maximum absolute atomic E-state index is 12.2. The SMILES string of the molecule is Nc1ccc2[nH]c(C(F)F)nc2n1. The summed E-state index contributed by atoms with van der Waals surface area (Å²) in [4.78, 5) is 9.80. The molecule has 68 valence electrons. The molecule has 0 saturated carbocycles. The number of nitrogens with zero attached hydrogens (tertiary/aromatic N) is 2. The summed E-state index contributed by atoms with van der Waals surface area (Å²) >= 11 is 0. The van der Waals surface area contributed by atoms with Crippen molar-refractivity contribution >= 4 is 17.0 Å². The quantitative estimate of drug-likeness (QED) is 0.705. The molecule has 0 unspecified atom stereocenters. The highest BCUT2D eigenvalue weighted by Gasteiger charge is 2.12. The van der Waals surface area contributed by atoms with Gasteiger partial charge in [-0.3, -0.25) is 0 Å². The van der Waals surface area contributed by atoms with Crippen LogP contribution in [0.1, 0.15) is 12.2 Å². The number of nitrogens with two attached hydrogens (primary N) is 1. The van der Waals surface area contributed by atoms with Gasteiger partial charge >= 0.3 is 0 Å². The summed E-state index contributed by atoms with van der Waals surface area (Å²) < 4.78 is 24.3. The van der Waals surface area contributed by atoms with E-state index in [1.165, 1.54) is 6.07 Å². The van der Waals surface area contributed by atoms with Crippen molar-refractivity contribution in [3.8, 4) is 0 Å². The van der Waals surface area contributed by atoms with Gasteiger partial charge in [-0.2, -0.15) is 0 Å². The highest BCUT2D eigenvalue weighted by Crippen LogP contribution is 2.18. The van der Waals surface area contributed by atoms with Crippen LogP contribution in [-0.2, 0) is 0 Å². The number of halogens is 2. The van der Waals surface area contributed by atoms with Crippen LogP contribution in [0.15, 0.2) is 12.1 Å². The van der Waals surface area contributed by atoms with E-state index < -0.39 is 6.43 Å². The van der Waals surface area contributed by atoms with Gasteiger partial charge in [0.2, 0.25) is 0 Å². The topological polar surface area (TPSA) is 67.6 Å². The zero-order valence-electron chi connectivity index (χ0n) is 6.46. The highest BCUT2D eigenvalue weighted by molar-refractivity contribution is 5.72. The molecule has 13 heavy (non-hydrogen) atoms. The predicted molar refractivity (Wildman–Crippen MR) is 43.3 cm³/mol. The Morgan fingerprint density at radius 2 is 2.08 bits per heavy atom. The number of alkyl halides is 2. The fourth-order valence-electron chi connectivity index (χ4n) is 1.03. The van der Waals surface area contributed by atoms with Crippen molar-refractivity contribution in [2.75, 3.05) is 5.73 Å². The summed E-state index contributed by atoms with van der Waals surface area (Å²) in [6, 6.07) is 3.09. The van der Waals surface area contributed by atoms with Crippen LogP contribution >= 0.6 is 0 Å². The number of imidazole rings is 1. The normalized spacial score (nSPS) is 11.3. The van der Waals surface area contributed by atoms with Crippen molar-refractivity contribution in [3.05, 3.63) is 18.0 Å². The van der Waals surface area contributed by atoms with Crippen LogP contribution in [0.2, 0.25) is 0 Å². The average molecular weight is 184 g/mol. The molecule has 0 aliphatic carbocycles. The number of anilines is 1. The highest BCUT2D eigenvalue weighted by atomic mass is 19.3. The van der Waals surface area contributed by atoms with E-state index in [0.29, 0.717) is 5.52 Å². The number of nitrogen functional groups attached to an aromatic ring is 1. The Morgan fingerprint density at radius 3 is 2.77 bits per heavy atom. The molecular formula is C7H6F2N4. The van der Waals surface area contributed by atoms with E-state index in [9.17, 15) is 8.78 Å². The Morgan fingerprint density at radius 1 is 1.31 bits per heavy atom. The van der Waals surface area contributed by atoms with E-state index in [1.54, 1.807) is 6.07 Å². The summed E-state index contributed by atoms with van der Waals surface area (Å²) in [5.41, 5.74) is 6.04. The third-order valence-electron chi connectivity index (χ3n) is 1.59. The van der Waals surface area contributed by atoms with Gasteiger partial charge in [0.15, 0.2) is 11.5 Å². The fraction of sp³-hybridized carbons (Fsp3) is 0.143. The number of hydrogen-bond acceptors (Lipinski definition) is 3. The molecule has 6 heteroatoms.